The zero-order chi connectivity index (χ0) is 22.5. The number of nitrogens with zero attached hydrogens (tertiary/aromatic N) is 3. The molecule has 3 rings (SSSR count). The molecule has 0 saturated carbocycles. The molecule has 0 unspecified atom stereocenters. The van der Waals surface area contributed by atoms with Crippen LogP contribution in [0.25, 0.3) is 0 Å². The Hall–Kier alpha value is -2.97. The number of likely N-dealkylation sites (tertiary alicyclic amines) is 1. The fourth-order valence-corrected chi connectivity index (χ4v) is 3.90. The molecule has 4 amide bonds. The maximum Gasteiger partial charge on any atom is 0.312 e. The summed E-state index contributed by atoms with van der Waals surface area (Å²) >= 11 is 0. The quantitative estimate of drug-likeness (QED) is 0.670. The summed E-state index contributed by atoms with van der Waals surface area (Å²) in [6.45, 7) is 5.75. The van der Waals surface area contributed by atoms with Gasteiger partial charge in [-0.1, -0.05) is 12.1 Å². The van der Waals surface area contributed by atoms with Gasteiger partial charge in [0.1, 0.15) is 12.4 Å². The third-order valence-electron chi connectivity index (χ3n) is 6.03. The third kappa shape index (κ3) is 5.39. The van der Waals surface area contributed by atoms with Crippen LogP contribution >= 0.6 is 0 Å². The summed E-state index contributed by atoms with van der Waals surface area (Å²) in [7, 11) is 0. The summed E-state index contributed by atoms with van der Waals surface area (Å²) in [5, 5.41) is 2.84. The van der Waals surface area contributed by atoms with Crippen molar-refractivity contribution in [3.8, 4) is 0 Å². The molecular formula is C22H29FN4O4. The number of amides is 4. The standard InChI is InChI=1S/C22H29FN4O4/c1-3-25-10-11-27(22(31)21(25)30)14-19(28)26-8-6-17(7-9-26)20(29)24-13-16-5-4-15(2)18(23)12-16/h4-5,12,17H,3,6-11,13-14H2,1-2H3,(H,24,29). The highest BCUT2D eigenvalue weighted by Crippen LogP contribution is 2.18. The number of nitrogens with one attached hydrogen (secondary N) is 1. The average molecular weight is 432 g/mol. The molecule has 0 spiro atoms. The van der Waals surface area contributed by atoms with E-state index in [4.69, 9.17) is 0 Å². The van der Waals surface area contributed by atoms with E-state index in [1.807, 2.05) is 6.92 Å². The Labute approximate surface area is 181 Å². The average Bonchev–Trinajstić information content (AvgIpc) is 2.77. The van der Waals surface area contributed by atoms with Gasteiger partial charge in [0.25, 0.3) is 0 Å². The molecular weight excluding hydrogens is 403 g/mol. The molecule has 31 heavy (non-hydrogen) atoms. The van der Waals surface area contributed by atoms with Gasteiger partial charge in [0.2, 0.25) is 11.8 Å². The normalized spacial score (nSPS) is 17.8. The van der Waals surface area contributed by atoms with Crippen LogP contribution in [0.2, 0.25) is 0 Å². The van der Waals surface area contributed by atoms with Gasteiger partial charge in [-0.05, 0) is 43.9 Å². The van der Waals surface area contributed by atoms with Gasteiger partial charge in [-0.3, -0.25) is 19.2 Å². The van der Waals surface area contributed by atoms with Crippen molar-refractivity contribution in [3.63, 3.8) is 0 Å². The van der Waals surface area contributed by atoms with Gasteiger partial charge in [-0.25, -0.2) is 4.39 Å². The highest BCUT2D eigenvalue weighted by atomic mass is 19.1. The first kappa shape index (κ1) is 22.7. The number of hydrogen-bond acceptors (Lipinski definition) is 4. The fraction of sp³-hybridized carbons (Fsp3) is 0.545. The van der Waals surface area contributed by atoms with Crippen molar-refractivity contribution >= 4 is 23.6 Å². The first-order chi connectivity index (χ1) is 14.8. The van der Waals surface area contributed by atoms with Crippen LogP contribution in [0.4, 0.5) is 4.39 Å². The number of piperazine rings is 1. The SMILES string of the molecule is CCN1CCN(CC(=O)N2CCC(C(=O)NCc3ccc(C)c(F)c3)CC2)C(=O)C1=O. The van der Waals surface area contributed by atoms with Crippen LogP contribution in [0, 0.1) is 18.7 Å². The number of hydrogen-bond donors (Lipinski definition) is 1. The molecule has 9 heteroatoms. The first-order valence-corrected chi connectivity index (χ1v) is 10.7. The van der Waals surface area contributed by atoms with Crippen molar-refractivity contribution in [2.45, 2.75) is 33.2 Å². The number of carbonyl (C=O) groups excluding carboxylic acids is 4. The van der Waals surface area contributed by atoms with Crippen molar-refractivity contribution in [3.05, 3.63) is 35.1 Å². The molecule has 8 nitrogen and oxygen atoms in total. The van der Waals surface area contributed by atoms with E-state index in [0.717, 1.165) is 0 Å². The van der Waals surface area contributed by atoms with E-state index in [0.29, 0.717) is 56.7 Å². The highest BCUT2D eigenvalue weighted by molar-refractivity contribution is 6.35. The maximum atomic E-state index is 13.6. The molecule has 1 aromatic carbocycles. The minimum atomic E-state index is -0.636. The molecule has 0 bridgehead atoms. The Morgan fingerprint density at radius 1 is 1.06 bits per heavy atom. The Morgan fingerprint density at radius 2 is 1.71 bits per heavy atom. The number of benzene rings is 1. The van der Waals surface area contributed by atoms with Gasteiger partial charge >= 0.3 is 11.8 Å². The predicted molar refractivity (Wildman–Crippen MR) is 111 cm³/mol. The summed E-state index contributed by atoms with van der Waals surface area (Å²) in [4.78, 5) is 53.6. The van der Waals surface area contributed by atoms with E-state index in [-0.39, 0.29) is 36.6 Å². The van der Waals surface area contributed by atoms with Crippen molar-refractivity contribution in [1.82, 2.24) is 20.0 Å². The number of aryl methyl sites for hydroxylation is 1. The third-order valence-corrected chi connectivity index (χ3v) is 6.03. The zero-order valence-corrected chi connectivity index (χ0v) is 18.0. The molecule has 0 atom stereocenters. The first-order valence-electron chi connectivity index (χ1n) is 10.7. The molecule has 2 fully saturated rings. The van der Waals surface area contributed by atoms with Gasteiger partial charge in [-0.2, -0.15) is 0 Å². The van der Waals surface area contributed by atoms with Gasteiger partial charge in [0.05, 0.1) is 0 Å². The van der Waals surface area contributed by atoms with Crippen LogP contribution in [0.3, 0.4) is 0 Å². The van der Waals surface area contributed by atoms with E-state index in [2.05, 4.69) is 5.32 Å². The summed E-state index contributed by atoms with van der Waals surface area (Å²) in [5.41, 5.74) is 1.26. The second-order valence-corrected chi connectivity index (χ2v) is 8.07. The topological polar surface area (TPSA) is 90.0 Å². The van der Waals surface area contributed by atoms with Gasteiger partial charge in [-0.15, -0.1) is 0 Å². The van der Waals surface area contributed by atoms with Crippen LogP contribution in [0.1, 0.15) is 30.9 Å². The monoisotopic (exact) mass is 432 g/mol. The molecule has 1 aromatic rings. The molecule has 0 radical (unpaired) electrons. The number of rotatable bonds is 6. The molecule has 2 heterocycles. The lowest BCUT2D eigenvalue weighted by Crippen LogP contribution is -2.56. The van der Waals surface area contributed by atoms with Crippen LogP contribution < -0.4 is 5.32 Å². The van der Waals surface area contributed by atoms with E-state index in [9.17, 15) is 23.6 Å². The van der Waals surface area contributed by atoms with E-state index < -0.39 is 11.8 Å². The molecule has 0 aromatic heterocycles. The minimum Gasteiger partial charge on any atom is -0.352 e. The van der Waals surface area contributed by atoms with Gasteiger partial charge in [0.15, 0.2) is 0 Å². The van der Waals surface area contributed by atoms with Crippen LogP contribution in [-0.4, -0.2) is 77.6 Å². The largest absolute Gasteiger partial charge is 0.352 e. The number of carbonyl (C=O) groups is 4. The Balaban J connectivity index is 1.43. The number of halogens is 1. The van der Waals surface area contributed by atoms with Crippen LogP contribution in [0.5, 0.6) is 0 Å². The summed E-state index contributed by atoms with van der Waals surface area (Å²) < 4.78 is 13.6. The van der Waals surface area contributed by atoms with Crippen molar-refractivity contribution in [1.29, 1.82) is 0 Å². The smallest absolute Gasteiger partial charge is 0.312 e. The number of piperidine rings is 1. The Bertz CT molecular complexity index is 867. The Morgan fingerprint density at radius 3 is 2.35 bits per heavy atom. The van der Waals surface area contributed by atoms with Gasteiger partial charge < -0.3 is 20.0 Å². The molecule has 0 aliphatic carbocycles. The lowest BCUT2D eigenvalue weighted by molar-refractivity contribution is -0.157. The van der Waals surface area contributed by atoms with E-state index in [1.54, 1.807) is 24.0 Å². The highest BCUT2D eigenvalue weighted by Gasteiger charge is 2.34. The van der Waals surface area contributed by atoms with Crippen molar-refractivity contribution < 1.29 is 23.6 Å². The summed E-state index contributed by atoms with van der Waals surface area (Å²) in [5.74, 6) is -2.02. The van der Waals surface area contributed by atoms with Crippen LogP contribution in [0.15, 0.2) is 18.2 Å². The van der Waals surface area contributed by atoms with Crippen LogP contribution in [-0.2, 0) is 25.7 Å². The van der Waals surface area contributed by atoms with Gasteiger partial charge in [0, 0.05) is 45.2 Å². The lowest BCUT2D eigenvalue weighted by atomic mass is 9.95. The second-order valence-electron chi connectivity index (χ2n) is 8.07. The van der Waals surface area contributed by atoms with Crippen molar-refractivity contribution in [2.75, 3.05) is 39.3 Å². The molecule has 168 valence electrons. The molecule has 2 aliphatic heterocycles. The number of likely N-dealkylation sites (N-methyl/N-ethyl adjacent to an activating group) is 1. The van der Waals surface area contributed by atoms with E-state index >= 15 is 0 Å². The molecule has 2 saturated heterocycles. The Kier molecular flexibility index (Phi) is 7.25. The predicted octanol–water partition coefficient (Wildman–Crippen LogP) is 0.680. The maximum absolute atomic E-state index is 13.6. The fourth-order valence-electron chi connectivity index (χ4n) is 3.90. The summed E-state index contributed by atoms with van der Waals surface area (Å²) in [6, 6.07) is 4.89. The lowest BCUT2D eigenvalue weighted by Gasteiger charge is -2.36. The van der Waals surface area contributed by atoms with E-state index in [1.165, 1.54) is 15.9 Å². The zero-order valence-electron chi connectivity index (χ0n) is 18.0. The van der Waals surface area contributed by atoms with Crippen molar-refractivity contribution in [2.24, 2.45) is 5.92 Å². The minimum absolute atomic E-state index is 0.107. The summed E-state index contributed by atoms with van der Waals surface area (Å²) in [6.07, 6.45) is 1.05. The molecule has 1 N–H and O–H groups in total. The molecule has 2 aliphatic rings. The second kappa shape index (κ2) is 9.89.